The monoisotopic (exact) mass is 368 g/mol. The molecule has 0 unspecified atom stereocenters. The summed E-state index contributed by atoms with van der Waals surface area (Å²) in [6, 6.07) is 13.3. The molecule has 7 heteroatoms. The number of thiocarbonyl (C=S) groups is 1. The number of halogens is 3. The van der Waals surface area contributed by atoms with Crippen LogP contribution in [0.4, 0.5) is 24.5 Å². The van der Waals surface area contributed by atoms with Crippen LogP contribution in [0.1, 0.15) is 25.3 Å². The fraction of sp³-hybridized carbons (Fsp3) is 0.278. The summed E-state index contributed by atoms with van der Waals surface area (Å²) < 4.78 is 40.2. The van der Waals surface area contributed by atoms with E-state index in [-0.39, 0.29) is 5.75 Å². The van der Waals surface area contributed by atoms with Crippen LogP contribution in [-0.4, -0.2) is 11.5 Å². The number of hydrogen-bond acceptors (Lipinski definition) is 2. The Hall–Kier alpha value is -2.28. The van der Waals surface area contributed by atoms with E-state index in [0.29, 0.717) is 10.8 Å². The van der Waals surface area contributed by atoms with E-state index in [4.69, 9.17) is 12.2 Å². The first-order valence-corrected chi connectivity index (χ1v) is 8.29. The summed E-state index contributed by atoms with van der Waals surface area (Å²) in [7, 11) is 0. The molecular weight excluding hydrogens is 349 g/mol. The van der Waals surface area contributed by atoms with Gasteiger partial charge < -0.3 is 15.4 Å². The molecule has 2 rings (SSSR count). The summed E-state index contributed by atoms with van der Waals surface area (Å²) in [4.78, 5) is 0. The van der Waals surface area contributed by atoms with E-state index in [0.717, 1.165) is 24.9 Å². The molecule has 0 atom stereocenters. The van der Waals surface area contributed by atoms with Gasteiger partial charge in [0.25, 0.3) is 0 Å². The van der Waals surface area contributed by atoms with Crippen LogP contribution >= 0.6 is 12.2 Å². The molecule has 0 spiro atoms. The van der Waals surface area contributed by atoms with Gasteiger partial charge in [0, 0.05) is 11.4 Å². The van der Waals surface area contributed by atoms with Gasteiger partial charge in [-0.3, -0.25) is 0 Å². The average molecular weight is 368 g/mol. The SMILES string of the molecule is CCCCc1ccc(NC(=S)Nc2ccc(OC(F)(F)F)cc2)cc1. The van der Waals surface area contributed by atoms with E-state index in [9.17, 15) is 13.2 Å². The molecule has 0 saturated heterocycles. The minimum absolute atomic E-state index is 0.278. The van der Waals surface area contributed by atoms with Gasteiger partial charge in [-0.1, -0.05) is 25.5 Å². The molecule has 0 fully saturated rings. The molecule has 0 aliphatic rings. The Morgan fingerprint density at radius 3 is 1.96 bits per heavy atom. The van der Waals surface area contributed by atoms with Gasteiger partial charge in [-0.2, -0.15) is 0 Å². The average Bonchev–Trinajstić information content (AvgIpc) is 2.55. The maximum Gasteiger partial charge on any atom is 0.573 e. The third-order valence-corrected chi connectivity index (χ3v) is 3.58. The molecule has 0 aliphatic carbocycles. The molecule has 3 nitrogen and oxygen atoms in total. The fourth-order valence-electron chi connectivity index (χ4n) is 2.17. The number of hydrogen-bond donors (Lipinski definition) is 2. The third-order valence-electron chi connectivity index (χ3n) is 3.38. The second kappa shape index (κ2) is 8.71. The first-order chi connectivity index (χ1) is 11.9. The molecule has 0 amide bonds. The second-order valence-electron chi connectivity index (χ2n) is 5.45. The van der Waals surface area contributed by atoms with Crippen molar-refractivity contribution in [2.24, 2.45) is 0 Å². The normalized spacial score (nSPS) is 11.0. The lowest BCUT2D eigenvalue weighted by Crippen LogP contribution is -2.19. The number of nitrogens with one attached hydrogen (secondary N) is 2. The van der Waals surface area contributed by atoms with E-state index in [1.54, 1.807) is 0 Å². The molecule has 2 aromatic rings. The van der Waals surface area contributed by atoms with Gasteiger partial charge >= 0.3 is 6.36 Å². The number of alkyl halides is 3. The minimum atomic E-state index is -4.70. The number of rotatable bonds is 6. The van der Waals surface area contributed by atoms with E-state index < -0.39 is 6.36 Å². The second-order valence-corrected chi connectivity index (χ2v) is 5.86. The zero-order valence-electron chi connectivity index (χ0n) is 13.7. The van der Waals surface area contributed by atoms with Gasteiger partial charge in [-0.25, -0.2) is 0 Å². The van der Waals surface area contributed by atoms with Crippen molar-refractivity contribution in [3.63, 3.8) is 0 Å². The van der Waals surface area contributed by atoms with Crippen LogP contribution < -0.4 is 15.4 Å². The van der Waals surface area contributed by atoms with Gasteiger partial charge in [0.1, 0.15) is 5.75 Å². The number of unbranched alkanes of at least 4 members (excludes halogenated alkanes) is 1. The van der Waals surface area contributed by atoms with Gasteiger partial charge in [-0.05, 0) is 67.0 Å². The number of anilines is 2. The van der Waals surface area contributed by atoms with Gasteiger partial charge in [-0.15, -0.1) is 13.2 Å². The Kier molecular flexibility index (Phi) is 6.64. The Morgan fingerprint density at radius 1 is 0.960 bits per heavy atom. The predicted octanol–water partition coefficient (Wildman–Crippen LogP) is 5.74. The summed E-state index contributed by atoms with van der Waals surface area (Å²) in [5.74, 6) is -0.278. The third kappa shape index (κ3) is 7.01. The van der Waals surface area contributed by atoms with Crippen LogP contribution in [-0.2, 0) is 6.42 Å². The Morgan fingerprint density at radius 2 is 1.48 bits per heavy atom. The van der Waals surface area contributed by atoms with E-state index >= 15 is 0 Å². The molecule has 0 bridgehead atoms. The molecule has 2 N–H and O–H groups in total. The van der Waals surface area contributed by atoms with Crippen molar-refractivity contribution >= 4 is 28.7 Å². The van der Waals surface area contributed by atoms with Crippen molar-refractivity contribution in [1.29, 1.82) is 0 Å². The molecule has 0 saturated carbocycles. The first-order valence-electron chi connectivity index (χ1n) is 7.88. The van der Waals surface area contributed by atoms with E-state index in [1.165, 1.54) is 29.8 Å². The summed E-state index contributed by atoms with van der Waals surface area (Å²) in [6.45, 7) is 2.15. The highest BCUT2D eigenvalue weighted by atomic mass is 32.1. The van der Waals surface area contributed by atoms with Crippen LogP contribution in [0, 0.1) is 0 Å². The number of aryl methyl sites for hydroxylation is 1. The Bertz CT molecular complexity index is 685. The summed E-state index contributed by atoms with van der Waals surface area (Å²) in [5, 5.41) is 6.30. The predicted molar refractivity (Wildman–Crippen MR) is 98.0 cm³/mol. The molecule has 25 heavy (non-hydrogen) atoms. The molecule has 0 aliphatic heterocycles. The van der Waals surface area contributed by atoms with Crippen molar-refractivity contribution in [1.82, 2.24) is 0 Å². The maximum absolute atomic E-state index is 12.1. The van der Waals surface area contributed by atoms with Crippen molar-refractivity contribution < 1.29 is 17.9 Å². The number of benzene rings is 2. The zero-order valence-corrected chi connectivity index (χ0v) is 14.5. The molecule has 0 heterocycles. The maximum atomic E-state index is 12.1. The van der Waals surface area contributed by atoms with E-state index in [2.05, 4.69) is 22.3 Å². The van der Waals surface area contributed by atoms with Crippen molar-refractivity contribution in [3.05, 3.63) is 54.1 Å². The Labute approximate surface area is 150 Å². The van der Waals surface area contributed by atoms with Crippen LogP contribution in [0.25, 0.3) is 0 Å². The lowest BCUT2D eigenvalue weighted by molar-refractivity contribution is -0.274. The van der Waals surface area contributed by atoms with Crippen LogP contribution in [0.15, 0.2) is 48.5 Å². The van der Waals surface area contributed by atoms with Crippen LogP contribution in [0.3, 0.4) is 0 Å². The van der Waals surface area contributed by atoms with E-state index in [1.807, 2.05) is 24.3 Å². The highest BCUT2D eigenvalue weighted by Crippen LogP contribution is 2.24. The lowest BCUT2D eigenvalue weighted by Gasteiger charge is -2.12. The van der Waals surface area contributed by atoms with Crippen molar-refractivity contribution in [3.8, 4) is 5.75 Å². The summed E-state index contributed by atoms with van der Waals surface area (Å²) >= 11 is 5.21. The summed E-state index contributed by atoms with van der Waals surface area (Å²) in [5.41, 5.74) is 2.67. The first kappa shape index (κ1) is 19.1. The van der Waals surface area contributed by atoms with Crippen molar-refractivity contribution in [2.75, 3.05) is 10.6 Å². The topological polar surface area (TPSA) is 33.3 Å². The lowest BCUT2D eigenvalue weighted by atomic mass is 10.1. The number of ether oxygens (including phenoxy) is 1. The van der Waals surface area contributed by atoms with Crippen molar-refractivity contribution in [2.45, 2.75) is 32.5 Å². The van der Waals surface area contributed by atoms with Crippen LogP contribution in [0.5, 0.6) is 5.75 Å². The van der Waals surface area contributed by atoms with Gasteiger partial charge in [0.15, 0.2) is 5.11 Å². The molecular formula is C18H19F3N2OS. The zero-order chi connectivity index (χ0) is 18.3. The quantitative estimate of drug-likeness (QED) is 0.637. The highest BCUT2D eigenvalue weighted by molar-refractivity contribution is 7.80. The Balaban J connectivity index is 1.87. The standard InChI is InChI=1S/C18H19F3N2OS/c1-2-3-4-13-5-7-14(8-6-13)22-17(25)23-15-9-11-16(12-10-15)24-18(19,20)21/h5-12H,2-4H2,1H3,(H2,22,23,25). The van der Waals surface area contributed by atoms with Gasteiger partial charge in [0.05, 0.1) is 0 Å². The molecule has 0 radical (unpaired) electrons. The molecule has 2 aromatic carbocycles. The smallest absolute Gasteiger partial charge is 0.406 e. The highest BCUT2D eigenvalue weighted by Gasteiger charge is 2.30. The fourth-order valence-corrected chi connectivity index (χ4v) is 2.40. The summed E-state index contributed by atoms with van der Waals surface area (Å²) in [6.07, 6.45) is -1.34. The minimum Gasteiger partial charge on any atom is -0.406 e. The largest absolute Gasteiger partial charge is 0.573 e. The molecule has 134 valence electrons. The van der Waals surface area contributed by atoms with Gasteiger partial charge in [0.2, 0.25) is 0 Å². The molecule has 0 aromatic heterocycles. The van der Waals surface area contributed by atoms with Crippen LogP contribution in [0.2, 0.25) is 0 Å².